The van der Waals surface area contributed by atoms with Crippen LogP contribution in [0.25, 0.3) is 0 Å². The molecule has 1 heterocycles. The fourth-order valence-corrected chi connectivity index (χ4v) is 3.24. The highest BCUT2D eigenvalue weighted by molar-refractivity contribution is 5.89. The molecule has 2 atom stereocenters. The first-order valence-electron chi connectivity index (χ1n) is 8.01. The van der Waals surface area contributed by atoms with E-state index in [0.29, 0.717) is 11.5 Å². The summed E-state index contributed by atoms with van der Waals surface area (Å²) in [7, 11) is 1.73. The van der Waals surface area contributed by atoms with E-state index in [0.717, 1.165) is 6.42 Å². The minimum Gasteiger partial charge on any atom is -0.478 e. The van der Waals surface area contributed by atoms with Gasteiger partial charge in [-0.25, -0.2) is 4.79 Å². The molecule has 5 nitrogen and oxygen atoms in total. The Bertz CT molecular complexity index is 792. The first-order valence-corrected chi connectivity index (χ1v) is 8.01. The number of rotatable bonds is 5. The van der Waals surface area contributed by atoms with Crippen molar-refractivity contribution in [1.82, 2.24) is 4.90 Å². The molecular weight excluding hydrogens is 306 g/mol. The predicted octanol–water partition coefficient (Wildman–Crippen LogP) is 3.36. The van der Waals surface area contributed by atoms with E-state index in [1.807, 2.05) is 12.1 Å². The SMILES string of the molecule is Cc1ccccc1C1CC1C(=O)N(C)Cc1cc(C(=O)O)c(C)o1. The number of furan rings is 1. The molecule has 5 heteroatoms. The van der Waals surface area contributed by atoms with Crippen LogP contribution < -0.4 is 0 Å². The Labute approximate surface area is 140 Å². The van der Waals surface area contributed by atoms with Crippen molar-refractivity contribution < 1.29 is 19.1 Å². The highest BCUT2D eigenvalue weighted by Gasteiger charge is 2.45. The van der Waals surface area contributed by atoms with Crippen molar-refractivity contribution in [3.63, 3.8) is 0 Å². The summed E-state index contributed by atoms with van der Waals surface area (Å²) in [5.41, 5.74) is 2.61. The normalized spacial score (nSPS) is 19.1. The molecule has 1 aromatic carbocycles. The maximum absolute atomic E-state index is 12.6. The molecule has 126 valence electrons. The fraction of sp³-hybridized carbons (Fsp3) is 0.368. The number of amides is 1. The molecule has 1 amide bonds. The highest BCUT2D eigenvalue weighted by Crippen LogP contribution is 2.49. The van der Waals surface area contributed by atoms with Gasteiger partial charge in [-0.15, -0.1) is 0 Å². The molecule has 1 aromatic heterocycles. The third-order valence-electron chi connectivity index (χ3n) is 4.66. The van der Waals surface area contributed by atoms with Gasteiger partial charge in [0.1, 0.15) is 17.1 Å². The van der Waals surface area contributed by atoms with Crippen LogP contribution in [0.3, 0.4) is 0 Å². The van der Waals surface area contributed by atoms with Crippen molar-refractivity contribution >= 4 is 11.9 Å². The van der Waals surface area contributed by atoms with Gasteiger partial charge in [-0.1, -0.05) is 24.3 Å². The number of benzene rings is 1. The summed E-state index contributed by atoms with van der Waals surface area (Å²) < 4.78 is 5.45. The van der Waals surface area contributed by atoms with E-state index < -0.39 is 5.97 Å². The van der Waals surface area contributed by atoms with Crippen LogP contribution in [0.2, 0.25) is 0 Å². The number of carbonyl (C=O) groups excluding carboxylic acids is 1. The molecule has 2 aromatic rings. The van der Waals surface area contributed by atoms with Gasteiger partial charge in [-0.3, -0.25) is 4.79 Å². The Morgan fingerprint density at radius 3 is 2.62 bits per heavy atom. The third kappa shape index (κ3) is 3.07. The summed E-state index contributed by atoms with van der Waals surface area (Å²) in [6, 6.07) is 9.65. The average molecular weight is 327 g/mol. The Morgan fingerprint density at radius 1 is 1.29 bits per heavy atom. The molecule has 1 N–H and O–H groups in total. The number of hydrogen-bond acceptors (Lipinski definition) is 3. The van der Waals surface area contributed by atoms with E-state index in [2.05, 4.69) is 19.1 Å². The summed E-state index contributed by atoms with van der Waals surface area (Å²) in [6.07, 6.45) is 0.867. The molecule has 1 saturated carbocycles. The van der Waals surface area contributed by atoms with Crippen LogP contribution in [0.1, 0.15) is 45.3 Å². The number of aryl methyl sites for hydroxylation is 2. The van der Waals surface area contributed by atoms with Crippen molar-refractivity contribution in [2.75, 3.05) is 7.05 Å². The molecule has 1 aliphatic rings. The summed E-state index contributed by atoms with van der Waals surface area (Å²) in [6.45, 7) is 3.96. The maximum atomic E-state index is 12.6. The second-order valence-electron chi connectivity index (χ2n) is 6.49. The lowest BCUT2D eigenvalue weighted by Gasteiger charge is -2.16. The number of carbonyl (C=O) groups is 2. The first-order chi connectivity index (χ1) is 11.4. The standard InChI is InChI=1S/C19H21NO4/c1-11-6-4-5-7-14(11)16-9-17(16)18(21)20(3)10-13-8-15(19(22)23)12(2)24-13/h4-8,16-17H,9-10H2,1-3H3,(H,22,23). The van der Waals surface area contributed by atoms with Gasteiger partial charge in [0.25, 0.3) is 0 Å². The number of aromatic carboxylic acids is 1. The van der Waals surface area contributed by atoms with Gasteiger partial charge in [-0.2, -0.15) is 0 Å². The molecule has 1 fully saturated rings. The number of hydrogen-bond donors (Lipinski definition) is 1. The summed E-state index contributed by atoms with van der Waals surface area (Å²) >= 11 is 0. The average Bonchev–Trinajstić information content (AvgIpc) is 3.23. The van der Waals surface area contributed by atoms with Crippen molar-refractivity contribution in [1.29, 1.82) is 0 Å². The van der Waals surface area contributed by atoms with Crippen molar-refractivity contribution in [2.24, 2.45) is 5.92 Å². The van der Waals surface area contributed by atoms with Crippen molar-refractivity contribution in [3.8, 4) is 0 Å². The van der Waals surface area contributed by atoms with Gasteiger partial charge in [0.15, 0.2) is 0 Å². The largest absolute Gasteiger partial charge is 0.478 e. The molecule has 0 bridgehead atoms. The van der Waals surface area contributed by atoms with Crippen LogP contribution >= 0.6 is 0 Å². The van der Waals surface area contributed by atoms with E-state index in [-0.39, 0.29) is 29.9 Å². The number of carboxylic acid groups (broad SMARTS) is 1. The Balaban J connectivity index is 1.65. The Morgan fingerprint density at radius 2 is 2.00 bits per heavy atom. The van der Waals surface area contributed by atoms with Crippen LogP contribution in [0.4, 0.5) is 0 Å². The lowest BCUT2D eigenvalue weighted by atomic mass is 10.0. The van der Waals surface area contributed by atoms with Crippen LogP contribution in [0.5, 0.6) is 0 Å². The first kappa shape index (κ1) is 16.3. The minimum absolute atomic E-state index is 0.00565. The molecule has 0 aliphatic heterocycles. The van der Waals surface area contributed by atoms with Crippen LogP contribution in [-0.2, 0) is 11.3 Å². The quantitative estimate of drug-likeness (QED) is 0.914. The Kier molecular flexibility index (Phi) is 4.18. The molecule has 3 rings (SSSR count). The molecule has 24 heavy (non-hydrogen) atoms. The van der Waals surface area contributed by atoms with Crippen LogP contribution in [-0.4, -0.2) is 28.9 Å². The fourth-order valence-electron chi connectivity index (χ4n) is 3.24. The number of nitrogens with zero attached hydrogens (tertiary/aromatic N) is 1. The van der Waals surface area contributed by atoms with E-state index >= 15 is 0 Å². The second kappa shape index (κ2) is 6.15. The molecule has 1 aliphatic carbocycles. The predicted molar refractivity (Wildman–Crippen MR) is 88.9 cm³/mol. The zero-order chi connectivity index (χ0) is 17.4. The minimum atomic E-state index is -1.02. The van der Waals surface area contributed by atoms with E-state index in [1.165, 1.54) is 17.2 Å². The summed E-state index contributed by atoms with van der Waals surface area (Å²) in [5.74, 6) is 0.212. The van der Waals surface area contributed by atoms with E-state index in [9.17, 15) is 9.59 Å². The summed E-state index contributed by atoms with van der Waals surface area (Å²) in [5, 5.41) is 9.07. The van der Waals surface area contributed by atoms with Crippen LogP contribution in [0.15, 0.2) is 34.7 Å². The third-order valence-corrected chi connectivity index (χ3v) is 4.66. The smallest absolute Gasteiger partial charge is 0.339 e. The molecule has 0 saturated heterocycles. The second-order valence-corrected chi connectivity index (χ2v) is 6.49. The maximum Gasteiger partial charge on any atom is 0.339 e. The van der Waals surface area contributed by atoms with Gasteiger partial charge >= 0.3 is 5.97 Å². The zero-order valence-electron chi connectivity index (χ0n) is 14.1. The lowest BCUT2D eigenvalue weighted by molar-refractivity contribution is -0.132. The van der Waals surface area contributed by atoms with E-state index in [1.54, 1.807) is 18.9 Å². The molecule has 0 radical (unpaired) electrons. The van der Waals surface area contributed by atoms with E-state index in [4.69, 9.17) is 9.52 Å². The number of carboxylic acids is 1. The summed E-state index contributed by atoms with van der Waals surface area (Å²) in [4.78, 5) is 25.3. The van der Waals surface area contributed by atoms with Gasteiger partial charge in [-0.05, 0) is 43.4 Å². The van der Waals surface area contributed by atoms with Gasteiger partial charge in [0.2, 0.25) is 5.91 Å². The molecular formula is C19H21NO4. The Hall–Kier alpha value is -2.56. The monoisotopic (exact) mass is 327 g/mol. The van der Waals surface area contributed by atoms with Crippen molar-refractivity contribution in [3.05, 3.63) is 58.5 Å². The van der Waals surface area contributed by atoms with Gasteiger partial charge < -0.3 is 14.4 Å². The van der Waals surface area contributed by atoms with Gasteiger partial charge in [0.05, 0.1) is 6.54 Å². The lowest BCUT2D eigenvalue weighted by Crippen LogP contribution is -2.27. The molecule has 2 unspecified atom stereocenters. The molecule has 0 spiro atoms. The van der Waals surface area contributed by atoms with Gasteiger partial charge in [0, 0.05) is 13.0 Å². The van der Waals surface area contributed by atoms with Crippen molar-refractivity contribution in [2.45, 2.75) is 32.7 Å². The highest BCUT2D eigenvalue weighted by atomic mass is 16.4. The zero-order valence-corrected chi connectivity index (χ0v) is 14.1. The van der Waals surface area contributed by atoms with Crippen LogP contribution in [0, 0.1) is 19.8 Å². The topological polar surface area (TPSA) is 70.8 Å².